The van der Waals surface area contributed by atoms with E-state index < -0.39 is 28.5 Å². The molecule has 0 N–H and O–H groups in total. The lowest BCUT2D eigenvalue weighted by atomic mass is 9.98. The lowest BCUT2D eigenvalue weighted by Crippen LogP contribution is -2.40. The third kappa shape index (κ3) is 5.23. The molecule has 9 heteroatoms. The lowest BCUT2D eigenvalue weighted by Gasteiger charge is -2.30. The maximum absolute atomic E-state index is 12.7. The van der Waals surface area contributed by atoms with Gasteiger partial charge in [-0.3, -0.25) is 9.59 Å². The summed E-state index contributed by atoms with van der Waals surface area (Å²) in [4.78, 5) is 25.0. The van der Waals surface area contributed by atoms with Crippen LogP contribution in [0.3, 0.4) is 0 Å². The molecule has 1 heterocycles. The summed E-state index contributed by atoms with van der Waals surface area (Å²) in [5.74, 6) is -0.399. The van der Waals surface area contributed by atoms with Crippen molar-refractivity contribution in [3.05, 3.63) is 54.1 Å². The average molecular weight is 448 g/mol. The molecule has 1 saturated heterocycles. The molecule has 2 aromatic rings. The van der Waals surface area contributed by atoms with E-state index in [0.29, 0.717) is 29.9 Å². The molecule has 2 aromatic carbocycles. The molecule has 1 aliphatic heterocycles. The molecular weight excluding hydrogens is 422 g/mol. The number of carbonyl (C=O) groups is 2. The third-order valence-electron chi connectivity index (χ3n) is 5.22. The van der Waals surface area contributed by atoms with Crippen LogP contribution in [0, 0.1) is 5.92 Å². The minimum atomic E-state index is -3.58. The van der Waals surface area contributed by atoms with Crippen LogP contribution in [0.5, 0.6) is 11.5 Å². The summed E-state index contributed by atoms with van der Waals surface area (Å²) in [5, 5.41) is 0. The largest absolute Gasteiger partial charge is 0.493 e. The molecule has 166 valence electrons. The van der Waals surface area contributed by atoms with E-state index in [2.05, 4.69) is 0 Å². The van der Waals surface area contributed by atoms with Gasteiger partial charge in [0, 0.05) is 18.7 Å². The second-order valence-electron chi connectivity index (χ2n) is 7.09. The maximum Gasteiger partial charge on any atom is 0.309 e. The van der Waals surface area contributed by atoms with Crippen molar-refractivity contribution in [2.45, 2.75) is 17.7 Å². The Balaban J connectivity index is 1.53. The number of benzene rings is 2. The monoisotopic (exact) mass is 447 g/mol. The van der Waals surface area contributed by atoms with Gasteiger partial charge >= 0.3 is 5.97 Å². The predicted molar refractivity (Wildman–Crippen MR) is 113 cm³/mol. The molecule has 0 amide bonds. The molecule has 0 atom stereocenters. The van der Waals surface area contributed by atoms with Crippen LogP contribution < -0.4 is 9.47 Å². The molecule has 3 rings (SSSR count). The Hall–Kier alpha value is -2.91. The smallest absolute Gasteiger partial charge is 0.309 e. The van der Waals surface area contributed by atoms with E-state index in [-0.39, 0.29) is 23.8 Å². The van der Waals surface area contributed by atoms with Crippen LogP contribution in [-0.2, 0) is 19.6 Å². The molecule has 1 aliphatic rings. The van der Waals surface area contributed by atoms with Crippen LogP contribution in [0.1, 0.15) is 23.2 Å². The first-order valence-electron chi connectivity index (χ1n) is 9.84. The molecular formula is C22H25NO7S. The molecule has 0 aliphatic carbocycles. The summed E-state index contributed by atoms with van der Waals surface area (Å²) < 4.78 is 42.3. The van der Waals surface area contributed by atoms with Gasteiger partial charge in [-0.15, -0.1) is 0 Å². The summed E-state index contributed by atoms with van der Waals surface area (Å²) in [6.45, 7) is 0.0537. The van der Waals surface area contributed by atoms with Crippen molar-refractivity contribution in [1.82, 2.24) is 4.31 Å². The number of methoxy groups -OCH3 is 2. The normalized spacial score (nSPS) is 15.3. The van der Waals surface area contributed by atoms with E-state index >= 15 is 0 Å². The number of sulfonamides is 1. The number of esters is 1. The molecule has 0 unspecified atom stereocenters. The first-order chi connectivity index (χ1) is 14.9. The van der Waals surface area contributed by atoms with E-state index in [0.717, 1.165) is 0 Å². The van der Waals surface area contributed by atoms with Gasteiger partial charge in [-0.05, 0) is 43.2 Å². The van der Waals surface area contributed by atoms with Crippen molar-refractivity contribution in [2.24, 2.45) is 5.92 Å². The van der Waals surface area contributed by atoms with Crippen LogP contribution in [0.2, 0.25) is 0 Å². The molecule has 0 aromatic heterocycles. The quantitative estimate of drug-likeness (QED) is 0.453. The Labute approximate surface area is 181 Å². The molecule has 1 fully saturated rings. The van der Waals surface area contributed by atoms with Gasteiger partial charge in [0.25, 0.3) is 0 Å². The Bertz CT molecular complexity index is 1030. The van der Waals surface area contributed by atoms with Crippen LogP contribution >= 0.6 is 0 Å². The SMILES string of the molecule is COc1ccc(C(=O)COC(=O)C2CCN(S(=O)(=O)c3ccccc3)CC2)cc1OC. The van der Waals surface area contributed by atoms with E-state index in [4.69, 9.17) is 14.2 Å². The van der Waals surface area contributed by atoms with Crippen LogP contribution in [0.25, 0.3) is 0 Å². The Kier molecular flexibility index (Phi) is 7.29. The summed E-state index contributed by atoms with van der Waals surface area (Å²) in [6.07, 6.45) is 0.685. The second kappa shape index (κ2) is 9.93. The molecule has 0 bridgehead atoms. The van der Waals surface area contributed by atoms with E-state index in [9.17, 15) is 18.0 Å². The Morgan fingerprint density at radius 2 is 1.61 bits per heavy atom. The summed E-state index contributed by atoms with van der Waals surface area (Å²) in [7, 11) is -0.614. The van der Waals surface area contributed by atoms with Crippen molar-refractivity contribution < 1.29 is 32.2 Å². The predicted octanol–water partition coefficient (Wildman–Crippen LogP) is 2.53. The van der Waals surface area contributed by atoms with Gasteiger partial charge in [0.2, 0.25) is 10.0 Å². The number of Topliss-reactive ketones (excluding diaryl/α,β-unsaturated/α-hetero) is 1. The molecule has 0 radical (unpaired) electrons. The molecule has 31 heavy (non-hydrogen) atoms. The van der Waals surface area contributed by atoms with E-state index in [1.165, 1.54) is 24.6 Å². The highest BCUT2D eigenvalue weighted by molar-refractivity contribution is 7.89. The topological polar surface area (TPSA) is 99.2 Å². The van der Waals surface area contributed by atoms with Crippen molar-refractivity contribution in [1.29, 1.82) is 0 Å². The summed E-state index contributed by atoms with van der Waals surface area (Å²) >= 11 is 0. The zero-order chi connectivity index (χ0) is 22.4. The van der Waals surface area contributed by atoms with Gasteiger partial charge in [-0.25, -0.2) is 8.42 Å². The maximum atomic E-state index is 12.7. The summed E-state index contributed by atoms with van der Waals surface area (Å²) in [5.41, 5.74) is 0.342. The van der Waals surface area contributed by atoms with Crippen molar-refractivity contribution in [2.75, 3.05) is 33.9 Å². The van der Waals surface area contributed by atoms with Gasteiger partial charge in [-0.1, -0.05) is 18.2 Å². The average Bonchev–Trinajstić information content (AvgIpc) is 2.82. The Morgan fingerprint density at radius 3 is 2.23 bits per heavy atom. The molecule has 8 nitrogen and oxygen atoms in total. The highest BCUT2D eigenvalue weighted by Gasteiger charge is 2.33. The molecule has 0 saturated carbocycles. The fraction of sp³-hybridized carbons (Fsp3) is 0.364. The number of hydrogen-bond donors (Lipinski definition) is 0. The first kappa shape index (κ1) is 22.8. The number of carbonyl (C=O) groups excluding carboxylic acids is 2. The van der Waals surface area contributed by atoms with Gasteiger partial charge < -0.3 is 14.2 Å². The standard InChI is InChI=1S/C22H25NO7S/c1-28-20-9-8-17(14-21(20)29-2)19(24)15-30-22(25)16-10-12-23(13-11-16)31(26,27)18-6-4-3-5-7-18/h3-9,14,16H,10-13,15H2,1-2H3. The third-order valence-corrected chi connectivity index (χ3v) is 7.13. The zero-order valence-corrected chi connectivity index (χ0v) is 18.3. The number of rotatable bonds is 8. The van der Waals surface area contributed by atoms with Crippen molar-refractivity contribution in [3.63, 3.8) is 0 Å². The molecule has 0 spiro atoms. The minimum Gasteiger partial charge on any atom is -0.493 e. The first-order valence-corrected chi connectivity index (χ1v) is 11.3. The number of hydrogen-bond acceptors (Lipinski definition) is 7. The fourth-order valence-electron chi connectivity index (χ4n) is 3.42. The highest BCUT2D eigenvalue weighted by atomic mass is 32.2. The van der Waals surface area contributed by atoms with Crippen LogP contribution in [-0.4, -0.2) is 58.4 Å². The van der Waals surface area contributed by atoms with Gasteiger partial charge in [0.15, 0.2) is 23.9 Å². The Morgan fingerprint density at radius 1 is 0.968 bits per heavy atom. The van der Waals surface area contributed by atoms with Gasteiger partial charge in [0.05, 0.1) is 25.0 Å². The minimum absolute atomic E-state index is 0.223. The zero-order valence-electron chi connectivity index (χ0n) is 17.4. The number of ether oxygens (including phenoxy) is 3. The van der Waals surface area contributed by atoms with Crippen LogP contribution in [0.4, 0.5) is 0 Å². The van der Waals surface area contributed by atoms with Crippen molar-refractivity contribution >= 4 is 21.8 Å². The number of ketones is 1. The second-order valence-corrected chi connectivity index (χ2v) is 9.03. The summed E-state index contributed by atoms with van der Waals surface area (Å²) in [6, 6.07) is 12.9. The highest BCUT2D eigenvalue weighted by Crippen LogP contribution is 2.28. The van der Waals surface area contributed by atoms with Crippen LogP contribution in [0.15, 0.2) is 53.4 Å². The van der Waals surface area contributed by atoms with Gasteiger partial charge in [-0.2, -0.15) is 4.31 Å². The van der Waals surface area contributed by atoms with Gasteiger partial charge in [0.1, 0.15) is 0 Å². The number of piperidine rings is 1. The fourth-order valence-corrected chi connectivity index (χ4v) is 4.91. The van der Waals surface area contributed by atoms with Crippen molar-refractivity contribution in [3.8, 4) is 11.5 Å². The van der Waals surface area contributed by atoms with E-state index in [1.807, 2.05) is 0 Å². The van der Waals surface area contributed by atoms with E-state index in [1.54, 1.807) is 42.5 Å². The lowest BCUT2D eigenvalue weighted by molar-refractivity contribution is -0.148. The number of nitrogens with zero attached hydrogens (tertiary/aromatic N) is 1.